The van der Waals surface area contributed by atoms with Crippen molar-refractivity contribution in [1.82, 2.24) is 0 Å². The Balaban J connectivity index is 4.59. The van der Waals surface area contributed by atoms with E-state index in [1.54, 1.807) is 13.0 Å². The topological polar surface area (TPSA) is 63.3 Å². The van der Waals surface area contributed by atoms with Gasteiger partial charge in [0.25, 0.3) is 0 Å². The molecular weight excluding hydrogens is 142 g/mol. The number of hydrogen-bond acceptors (Lipinski definition) is 2. The normalized spacial score (nSPS) is 11.9. The number of carboxylic acid groups (broad SMARTS) is 1. The van der Waals surface area contributed by atoms with E-state index in [1.807, 2.05) is 0 Å². The summed E-state index contributed by atoms with van der Waals surface area (Å²) in [5, 5.41) is 8.54. The number of carbonyl (C=O) groups is 1. The molecule has 0 aliphatic rings. The molecule has 0 aliphatic heterocycles. The molecule has 3 nitrogen and oxygen atoms in total. The van der Waals surface area contributed by atoms with Crippen molar-refractivity contribution in [1.29, 1.82) is 0 Å². The zero-order valence-corrected chi connectivity index (χ0v) is 6.37. The largest absolute Gasteiger partial charge is 0.478 e. The van der Waals surface area contributed by atoms with Gasteiger partial charge in [-0.25, -0.2) is 4.79 Å². The summed E-state index contributed by atoms with van der Waals surface area (Å²) in [6, 6.07) is 0. The predicted octanol–water partition coefficient (Wildman–Crippen LogP) is 1.05. The first-order chi connectivity index (χ1) is 5.07. The van der Waals surface area contributed by atoms with Gasteiger partial charge >= 0.3 is 5.97 Å². The van der Waals surface area contributed by atoms with Crippen molar-refractivity contribution in [2.24, 2.45) is 5.73 Å². The zero-order valence-electron chi connectivity index (χ0n) is 6.37. The second kappa shape index (κ2) is 4.33. The fourth-order valence-corrected chi connectivity index (χ4v) is 0.560. The summed E-state index contributed by atoms with van der Waals surface area (Å²) in [5.41, 5.74) is 5.57. The molecule has 0 aromatic heterocycles. The number of rotatable bonds is 3. The predicted molar refractivity (Wildman–Crippen MR) is 43.9 cm³/mol. The van der Waals surface area contributed by atoms with E-state index in [4.69, 9.17) is 10.8 Å². The molecule has 0 rings (SSSR count). The number of nitrogens with two attached hydrogens (primary N) is 1. The SMILES string of the molecule is C=C(N)/C=C(\C=C/C)C(=O)O. The monoisotopic (exact) mass is 153 g/mol. The van der Waals surface area contributed by atoms with Crippen LogP contribution in [0.4, 0.5) is 0 Å². The third kappa shape index (κ3) is 3.97. The van der Waals surface area contributed by atoms with Gasteiger partial charge in [0.05, 0.1) is 5.57 Å². The number of allylic oxidation sites excluding steroid dienone is 2. The summed E-state index contributed by atoms with van der Waals surface area (Å²) in [6.07, 6.45) is 4.39. The van der Waals surface area contributed by atoms with Gasteiger partial charge in [-0.2, -0.15) is 0 Å². The van der Waals surface area contributed by atoms with E-state index in [0.717, 1.165) is 0 Å². The molecule has 0 heterocycles. The summed E-state index contributed by atoms with van der Waals surface area (Å²) in [4.78, 5) is 10.4. The van der Waals surface area contributed by atoms with Gasteiger partial charge in [0.1, 0.15) is 0 Å². The minimum atomic E-state index is -1.00. The number of aliphatic carboxylic acids is 1. The molecule has 0 spiro atoms. The lowest BCUT2D eigenvalue weighted by Gasteiger charge is -1.93. The molecule has 0 aliphatic carbocycles. The molecule has 0 unspecified atom stereocenters. The molecule has 11 heavy (non-hydrogen) atoms. The van der Waals surface area contributed by atoms with Crippen molar-refractivity contribution in [2.45, 2.75) is 6.92 Å². The highest BCUT2D eigenvalue weighted by Gasteiger charge is 2.00. The Morgan fingerprint density at radius 2 is 2.18 bits per heavy atom. The summed E-state index contributed by atoms with van der Waals surface area (Å²) < 4.78 is 0. The molecule has 0 bridgehead atoms. The van der Waals surface area contributed by atoms with Crippen LogP contribution in [0.2, 0.25) is 0 Å². The molecule has 0 fully saturated rings. The summed E-state index contributed by atoms with van der Waals surface area (Å²) >= 11 is 0. The Bertz CT molecular complexity index is 226. The zero-order chi connectivity index (χ0) is 8.85. The van der Waals surface area contributed by atoms with E-state index in [9.17, 15) is 4.79 Å². The van der Waals surface area contributed by atoms with E-state index in [2.05, 4.69) is 6.58 Å². The van der Waals surface area contributed by atoms with E-state index >= 15 is 0 Å². The lowest BCUT2D eigenvalue weighted by Crippen LogP contribution is -2.00. The maximum absolute atomic E-state index is 10.4. The molecule has 0 amide bonds. The van der Waals surface area contributed by atoms with Crippen molar-refractivity contribution < 1.29 is 9.90 Å². The van der Waals surface area contributed by atoms with Crippen molar-refractivity contribution in [3.05, 3.63) is 36.1 Å². The molecule has 3 N–H and O–H groups in total. The molecule has 60 valence electrons. The molecule has 0 saturated heterocycles. The first-order valence-electron chi connectivity index (χ1n) is 3.10. The van der Waals surface area contributed by atoms with Gasteiger partial charge in [0.2, 0.25) is 0 Å². The molecule has 0 aromatic carbocycles. The fourth-order valence-electron chi connectivity index (χ4n) is 0.560. The third-order valence-corrected chi connectivity index (χ3v) is 0.934. The average Bonchev–Trinajstić information content (AvgIpc) is 1.86. The Labute approximate surface area is 65.5 Å². The quantitative estimate of drug-likeness (QED) is 0.470. The minimum Gasteiger partial charge on any atom is -0.478 e. The van der Waals surface area contributed by atoms with Crippen LogP contribution in [0.3, 0.4) is 0 Å². The number of hydrogen-bond donors (Lipinski definition) is 2. The van der Waals surface area contributed by atoms with E-state index < -0.39 is 5.97 Å². The fraction of sp³-hybridized carbons (Fsp3) is 0.125. The van der Waals surface area contributed by atoms with Crippen LogP contribution in [0.5, 0.6) is 0 Å². The highest BCUT2D eigenvalue weighted by molar-refractivity contribution is 5.90. The van der Waals surface area contributed by atoms with Crippen molar-refractivity contribution in [3.63, 3.8) is 0 Å². The average molecular weight is 153 g/mol. The van der Waals surface area contributed by atoms with Gasteiger partial charge in [-0.3, -0.25) is 0 Å². The van der Waals surface area contributed by atoms with Gasteiger partial charge < -0.3 is 10.8 Å². The first kappa shape index (κ1) is 9.49. The highest BCUT2D eigenvalue weighted by atomic mass is 16.4. The Morgan fingerprint density at radius 1 is 1.64 bits per heavy atom. The minimum absolute atomic E-state index is 0.139. The van der Waals surface area contributed by atoms with E-state index in [-0.39, 0.29) is 11.3 Å². The summed E-state index contributed by atoms with van der Waals surface area (Å²) in [6.45, 7) is 5.10. The standard InChI is InChI=1S/C8H11NO2/c1-3-4-7(8(10)11)5-6(2)9/h3-5H,2,9H2,1H3,(H,10,11)/b4-3-,7-5+. The molecule has 0 saturated carbocycles. The smallest absolute Gasteiger partial charge is 0.335 e. The first-order valence-corrected chi connectivity index (χ1v) is 3.10. The Kier molecular flexibility index (Phi) is 3.73. The second-order valence-corrected chi connectivity index (χ2v) is 1.98. The maximum Gasteiger partial charge on any atom is 0.335 e. The third-order valence-electron chi connectivity index (χ3n) is 0.934. The van der Waals surface area contributed by atoms with Crippen LogP contribution in [-0.2, 0) is 4.79 Å². The molecule has 0 atom stereocenters. The second-order valence-electron chi connectivity index (χ2n) is 1.98. The summed E-state index contributed by atoms with van der Waals surface area (Å²) in [7, 11) is 0. The van der Waals surface area contributed by atoms with Gasteiger partial charge in [0.15, 0.2) is 0 Å². The van der Waals surface area contributed by atoms with Crippen LogP contribution in [0.1, 0.15) is 6.92 Å². The van der Waals surface area contributed by atoms with Crippen molar-refractivity contribution >= 4 is 5.97 Å². The van der Waals surface area contributed by atoms with Crippen molar-refractivity contribution in [2.75, 3.05) is 0 Å². The van der Waals surface area contributed by atoms with Gasteiger partial charge in [-0.05, 0) is 13.0 Å². The highest BCUT2D eigenvalue weighted by Crippen LogP contribution is 1.99. The van der Waals surface area contributed by atoms with Gasteiger partial charge in [-0.1, -0.05) is 18.7 Å². The summed E-state index contributed by atoms with van der Waals surface area (Å²) in [5.74, 6) is -1.00. The molecule has 0 aromatic rings. The number of carboxylic acids is 1. The lowest BCUT2D eigenvalue weighted by atomic mass is 10.2. The van der Waals surface area contributed by atoms with Crippen LogP contribution in [0.25, 0.3) is 0 Å². The van der Waals surface area contributed by atoms with Gasteiger partial charge in [0, 0.05) is 5.70 Å². The van der Waals surface area contributed by atoms with E-state index in [0.29, 0.717) is 0 Å². The lowest BCUT2D eigenvalue weighted by molar-refractivity contribution is -0.132. The molecule has 0 radical (unpaired) electrons. The Morgan fingerprint density at radius 3 is 2.45 bits per heavy atom. The van der Waals surface area contributed by atoms with Crippen LogP contribution in [-0.4, -0.2) is 11.1 Å². The molecular formula is C8H11NO2. The van der Waals surface area contributed by atoms with E-state index in [1.165, 1.54) is 12.2 Å². The Hall–Kier alpha value is -1.51. The van der Waals surface area contributed by atoms with Crippen LogP contribution in [0, 0.1) is 0 Å². The van der Waals surface area contributed by atoms with Gasteiger partial charge in [-0.15, -0.1) is 0 Å². The van der Waals surface area contributed by atoms with Crippen molar-refractivity contribution in [3.8, 4) is 0 Å². The molecule has 3 heteroatoms. The van der Waals surface area contributed by atoms with Crippen LogP contribution >= 0.6 is 0 Å². The van der Waals surface area contributed by atoms with Crippen LogP contribution < -0.4 is 5.73 Å². The maximum atomic E-state index is 10.4. The van der Waals surface area contributed by atoms with Crippen LogP contribution in [0.15, 0.2) is 36.1 Å².